The smallest absolute Gasteiger partial charge is 0.127 e. The number of benzene rings is 2. The van der Waals surface area contributed by atoms with Gasteiger partial charge in [0.15, 0.2) is 0 Å². The van der Waals surface area contributed by atoms with Crippen LogP contribution in [0.4, 0.5) is 5.69 Å². The molecule has 0 bridgehead atoms. The standard InChI is InChI=1S/C16H17N3O/c1-12-18-8-9-19(12)10-11-20-16-7-6-15(17)13-4-2-3-5-14(13)16/h2-9H,10-11,17H2,1H3. The van der Waals surface area contributed by atoms with Crippen molar-refractivity contribution in [1.82, 2.24) is 9.55 Å². The van der Waals surface area contributed by atoms with Gasteiger partial charge in [-0.3, -0.25) is 0 Å². The van der Waals surface area contributed by atoms with Crippen LogP contribution < -0.4 is 10.5 Å². The molecule has 0 aliphatic carbocycles. The maximum atomic E-state index is 5.98. The van der Waals surface area contributed by atoms with Crippen LogP contribution in [0.25, 0.3) is 10.8 Å². The summed E-state index contributed by atoms with van der Waals surface area (Å²) in [5, 5.41) is 2.08. The van der Waals surface area contributed by atoms with Gasteiger partial charge in [-0.2, -0.15) is 0 Å². The van der Waals surface area contributed by atoms with Crippen molar-refractivity contribution in [2.24, 2.45) is 0 Å². The molecule has 20 heavy (non-hydrogen) atoms. The van der Waals surface area contributed by atoms with Gasteiger partial charge in [0, 0.05) is 28.9 Å². The average Bonchev–Trinajstić information content (AvgIpc) is 2.87. The quantitative estimate of drug-likeness (QED) is 0.739. The first-order valence-corrected chi connectivity index (χ1v) is 6.63. The third kappa shape index (κ3) is 2.32. The van der Waals surface area contributed by atoms with Crippen molar-refractivity contribution in [1.29, 1.82) is 0 Å². The SMILES string of the molecule is Cc1nccn1CCOc1ccc(N)c2ccccc12. The summed E-state index contributed by atoms with van der Waals surface area (Å²) in [6.45, 7) is 3.37. The monoisotopic (exact) mass is 267 g/mol. The third-order valence-corrected chi connectivity index (χ3v) is 3.43. The third-order valence-electron chi connectivity index (χ3n) is 3.43. The summed E-state index contributed by atoms with van der Waals surface area (Å²) in [7, 11) is 0. The Kier molecular flexibility index (Phi) is 3.29. The Balaban J connectivity index is 1.78. The second kappa shape index (κ2) is 5.25. The van der Waals surface area contributed by atoms with Crippen molar-refractivity contribution >= 4 is 16.5 Å². The summed E-state index contributed by atoms with van der Waals surface area (Å²) in [5.74, 6) is 1.86. The van der Waals surface area contributed by atoms with Crippen molar-refractivity contribution in [2.45, 2.75) is 13.5 Å². The Morgan fingerprint density at radius 1 is 1.15 bits per heavy atom. The maximum Gasteiger partial charge on any atom is 0.127 e. The molecule has 2 aromatic carbocycles. The van der Waals surface area contributed by atoms with Gasteiger partial charge in [0.25, 0.3) is 0 Å². The topological polar surface area (TPSA) is 53.1 Å². The van der Waals surface area contributed by atoms with E-state index >= 15 is 0 Å². The van der Waals surface area contributed by atoms with Gasteiger partial charge in [-0.25, -0.2) is 4.98 Å². The molecule has 0 saturated heterocycles. The summed E-state index contributed by atoms with van der Waals surface area (Å²) in [6, 6.07) is 11.8. The van der Waals surface area contributed by atoms with Crippen LogP contribution in [0.1, 0.15) is 5.82 Å². The lowest BCUT2D eigenvalue weighted by atomic mass is 10.1. The van der Waals surface area contributed by atoms with Crippen molar-refractivity contribution in [3.05, 3.63) is 54.6 Å². The molecule has 0 atom stereocenters. The molecule has 0 fully saturated rings. The first-order chi connectivity index (χ1) is 9.75. The van der Waals surface area contributed by atoms with Crippen molar-refractivity contribution < 1.29 is 4.74 Å². The highest BCUT2D eigenvalue weighted by atomic mass is 16.5. The molecule has 1 aromatic heterocycles. The molecule has 0 aliphatic heterocycles. The number of fused-ring (bicyclic) bond motifs is 1. The van der Waals surface area contributed by atoms with Crippen LogP contribution in [0.15, 0.2) is 48.8 Å². The summed E-state index contributed by atoms with van der Waals surface area (Å²) in [4.78, 5) is 4.19. The Labute approximate surface area is 117 Å². The van der Waals surface area contributed by atoms with E-state index in [4.69, 9.17) is 10.5 Å². The molecule has 1 heterocycles. The summed E-state index contributed by atoms with van der Waals surface area (Å²) >= 11 is 0. The average molecular weight is 267 g/mol. The molecule has 3 aromatic rings. The number of nitrogens with zero attached hydrogens (tertiary/aromatic N) is 2. The summed E-state index contributed by atoms with van der Waals surface area (Å²) in [5.41, 5.74) is 6.76. The van der Waals surface area contributed by atoms with Crippen LogP contribution in [0.5, 0.6) is 5.75 Å². The van der Waals surface area contributed by atoms with E-state index < -0.39 is 0 Å². The van der Waals surface area contributed by atoms with E-state index in [-0.39, 0.29) is 0 Å². The first-order valence-electron chi connectivity index (χ1n) is 6.63. The Morgan fingerprint density at radius 3 is 2.70 bits per heavy atom. The lowest BCUT2D eigenvalue weighted by Gasteiger charge is -2.11. The summed E-state index contributed by atoms with van der Waals surface area (Å²) < 4.78 is 7.97. The zero-order chi connectivity index (χ0) is 13.9. The molecule has 0 aliphatic rings. The number of rotatable bonds is 4. The minimum absolute atomic E-state index is 0.602. The number of hydrogen-bond donors (Lipinski definition) is 1. The number of imidazole rings is 1. The Morgan fingerprint density at radius 2 is 1.95 bits per heavy atom. The van der Waals surface area contributed by atoms with Crippen LogP contribution in [0.2, 0.25) is 0 Å². The highest BCUT2D eigenvalue weighted by molar-refractivity contribution is 5.96. The number of hydrogen-bond acceptors (Lipinski definition) is 3. The number of ether oxygens (including phenoxy) is 1. The van der Waals surface area contributed by atoms with Crippen LogP contribution in [0, 0.1) is 6.92 Å². The minimum Gasteiger partial charge on any atom is -0.491 e. The molecule has 0 spiro atoms. The second-order valence-corrected chi connectivity index (χ2v) is 4.71. The van der Waals surface area contributed by atoms with E-state index in [1.54, 1.807) is 6.20 Å². The van der Waals surface area contributed by atoms with Crippen LogP contribution in [0.3, 0.4) is 0 Å². The van der Waals surface area contributed by atoms with Gasteiger partial charge in [0.2, 0.25) is 0 Å². The predicted molar refractivity (Wildman–Crippen MR) is 80.8 cm³/mol. The minimum atomic E-state index is 0.602. The highest BCUT2D eigenvalue weighted by Crippen LogP contribution is 2.29. The molecule has 4 nitrogen and oxygen atoms in total. The molecule has 4 heteroatoms. The van der Waals surface area contributed by atoms with E-state index in [1.165, 1.54) is 0 Å². The first kappa shape index (κ1) is 12.5. The Hall–Kier alpha value is -2.49. The number of aryl methyl sites for hydroxylation is 1. The molecular weight excluding hydrogens is 250 g/mol. The van der Waals surface area contributed by atoms with Gasteiger partial charge in [-0.15, -0.1) is 0 Å². The number of nitrogen functional groups attached to an aromatic ring is 1. The normalized spacial score (nSPS) is 10.8. The number of aromatic nitrogens is 2. The zero-order valence-electron chi connectivity index (χ0n) is 11.4. The molecule has 0 amide bonds. The predicted octanol–water partition coefficient (Wildman–Crippen LogP) is 3.01. The lowest BCUT2D eigenvalue weighted by molar-refractivity contribution is 0.300. The van der Waals surface area contributed by atoms with Crippen molar-refractivity contribution in [3.63, 3.8) is 0 Å². The Bertz CT molecular complexity index is 733. The van der Waals surface area contributed by atoms with E-state index in [9.17, 15) is 0 Å². The number of anilines is 1. The van der Waals surface area contributed by atoms with Crippen molar-refractivity contribution in [2.75, 3.05) is 12.3 Å². The van der Waals surface area contributed by atoms with E-state index in [0.29, 0.717) is 6.61 Å². The molecule has 0 unspecified atom stereocenters. The second-order valence-electron chi connectivity index (χ2n) is 4.71. The molecule has 102 valence electrons. The summed E-state index contributed by atoms with van der Waals surface area (Å²) in [6.07, 6.45) is 3.76. The van der Waals surface area contributed by atoms with Crippen molar-refractivity contribution in [3.8, 4) is 5.75 Å². The largest absolute Gasteiger partial charge is 0.491 e. The van der Waals surface area contributed by atoms with Gasteiger partial charge in [-0.1, -0.05) is 24.3 Å². The molecule has 0 saturated carbocycles. The van der Waals surface area contributed by atoms with Gasteiger partial charge in [0.05, 0.1) is 6.54 Å². The van der Waals surface area contributed by atoms with Crippen LogP contribution in [-0.4, -0.2) is 16.2 Å². The molecule has 3 rings (SSSR count). The fourth-order valence-corrected chi connectivity index (χ4v) is 2.31. The maximum absolute atomic E-state index is 5.98. The van der Waals surface area contributed by atoms with E-state index in [2.05, 4.69) is 9.55 Å². The van der Waals surface area contributed by atoms with Crippen LogP contribution >= 0.6 is 0 Å². The van der Waals surface area contributed by atoms with Gasteiger partial charge in [0.1, 0.15) is 18.2 Å². The lowest BCUT2D eigenvalue weighted by Crippen LogP contribution is -2.09. The van der Waals surface area contributed by atoms with Crippen LogP contribution in [-0.2, 0) is 6.54 Å². The zero-order valence-corrected chi connectivity index (χ0v) is 11.4. The van der Waals surface area contributed by atoms with Gasteiger partial charge in [-0.05, 0) is 19.1 Å². The fraction of sp³-hybridized carbons (Fsp3) is 0.188. The molecule has 2 N–H and O–H groups in total. The van der Waals surface area contributed by atoms with E-state index in [0.717, 1.165) is 34.6 Å². The number of nitrogens with two attached hydrogens (primary N) is 1. The van der Waals surface area contributed by atoms with E-state index in [1.807, 2.05) is 49.5 Å². The molecular formula is C16H17N3O. The van der Waals surface area contributed by atoms with Gasteiger partial charge < -0.3 is 15.0 Å². The molecule has 0 radical (unpaired) electrons. The fourth-order valence-electron chi connectivity index (χ4n) is 2.31. The highest BCUT2D eigenvalue weighted by Gasteiger charge is 2.05. The van der Waals surface area contributed by atoms with Gasteiger partial charge >= 0.3 is 0 Å².